The summed E-state index contributed by atoms with van der Waals surface area (Å²) in [5.41, 5.74) is 1.04. The van der Waals surface area contributed by atoms with Gasteiger partial charge in [-0.2, -0.15) is 0 Å². The molecule has 2 aromatic carbocycles. The van der Waals surface area contributed by atoms with Crippen molar-refractivity contribution in [3.63, 3.8) is 0 Å². The second kappa shape index (κ2) is 10.1. The molecular weight excluding hydrogens is 384 g/mol. The Morgan fingerprint density at radius 1 is 1.08 bits per heavy atom. The van der Waals surface area contributed by atoms with Crippen LogP contribution in [0.5, 0.6) is 11.5 Å². The van der Waals surface area contributed by atoms with Crippen molar-refractivity contribution in [2.24, 2.45) is 0 Å². The van der Waals surface area contributed by atoms with Gasteiger partial charge in [0, 0.05) is 17.6 Å². The first-order valence-electron chi connectivity index (χ1n) is 8.03. The van der Waals surface area contributed by atoms with Crippen LogP contribution in [0.4, 0.5) is 0 Å². The summed E-state index contributed by atoms with van der Waals surface area (Å²) in [4.78, 5) is 13.9. The maximum absolute atomic E-state index is 12.0. The number of hydrogen-bond donors (Lipinski definition) is 1. The summed E-state index contributed by atoms with van der Waals surface area (Å²) in [5, 5.41) is 2.91. The standard InChI is InChI=1S/C19H23BrN2O3/c1-22(11-12-25-18-9-5-16(20)6-10-18)14-19(23)21-13-15-3-7-17(24-2)8-4-15/h3-10H,11-14H2,1-2H3,(H,21,23). The highest BCUT2D eigenvalue weighted by molar-refractivity contribution is 9.10. The Hall–Kier alpha value is -2.05. The molecular formula is C19H23BrN2O3. The predicted molar refractivity (Wildman–Crippen MR) is 102 cm³/mol. The molecule has 0 fully saturated rings. The molecule has 0 aliphatic heterocycles. The molecule has 5 nitrogen and oxygen atoms in total. The largest absolute Gasteiger partial charge is 0.497 e. The first-order valence-corrected chi connectivity index (χ1v) is 8.82. The van der Waals surface area contributed by atoms with Crippen LogP contribution in [0.15, 0.2) is 53.0 Å². The van der Waals surface area contributed by atoms with Crippen molar-refractivity contribution < 1.29 is 14.3 Å². The number of ether oxygens (including phenoxy) is 2. The smallest absolute Gasteiger partial charge is 0.234 e. The Morgan fingerprint density at radius 3 is 2.36 bits per heavy atom. The minimum absolute atomic E-state index is 0.0121. The van der Waals surface area contributed by atoms with Gasteiger partial charge in [0.2, 0.25) is 5.91 Å². The van der Waals surface area contributed by atoms with Crippen molar-refractivity contribution in [3.05, 3.63) is 58.6 Å². The topological polar surface area (TPSA) is 50.8 Å². The summed E-state index contributed by atoms with van der Waals surface area (Å²) >= 11 is 3.39. The van der Waals surface area contributed by atoms with Crippen LogP contribution in [0.2, 0.25) is 0 Å². The summed E-state index contributed by atoms with van der Waals surface area (Å²) in [5.74, 6) is 1.61. The average Bonchev–Trinajstić information content (AvgIpc) is 2.62. The van der Waals surface area contributed by atoms with Gasteiger partial charge in [-0.25, -0.2) is 0 Å². The molecule has 0 aliphatic rings. The molecule has 25 heavy (non-hydrogen) atoms. The molecule has 0 heterocycles. The maximum Gasteiger partial charge on any atom is 0.234 e. The summed E-state index contributed by atoms with van der Waals surface area (Å²) in [6.45, 7) is 2.04. The van der Waals surface area contributed by atoms with Crippen LogP contribution in [0.1, 0.15) is 5.56 Å². The van der Waals surface area contributed by atoms with Gasteiger partial charge in [-0.1, -0.05) is 28.1 Å². The Bertz CT molecular complexity index is 659. The number of benzene rings is 2. The quantitative estimate of drug-likeness (QED) is 0.694. The molecule has 1 amide bonds. The number of nitrogens with one attached hydrogen (secondary N) is 1. The highest BCUT2D eigenvalue weighted by Gasteiger charge is 2.06. The van der Waals surface area contributed by atoms with Gasteiger partial charge in [-0.15, -0.1) is 0 Å². The molecule has 2 aromatic rings. The van der Waals surface area contributed by atoms with Gasteiger partial charge in [0.15, 0.2) is 0 Å². The van der Waals surface area contributed by atoms with E-state index in [9.17, 15) is 4.79 Å². The normalized spacial score (nSPS) is 10.6. The monoisotopic (exact) mass is 406 g/mol. The van der Waals surface area contributed by atoms with Crippen LogP contribution in [0, 0.1) is 0 Å². The van der Waals surface area contributed by atoms with Gasteiger partial charge in [0.25, 0.3) is 0 Å². The van der Waals surface area contributed by atoms with Gasteiger partial charge >= 0.3 is 0 Å². The van der Waals surface area contributed by atoms with Crippen molar-refractivity contribution in [1.82, 2.24) is 10.2 Å². The van der Waals surface area contributed by atoms with Gasteiger partial charge in [0.1, 0.15) is 18.1 Å². The zero-order chi connectivity index (χ0) is 18.1. The molecule has 6 heteroatoms. The molecule has 0 unspecified atom stereocenters. The van der Waals surface area contributed by atoms with Crippen molar-refractivity contribution in [2.45, 2.75) is 6.54 Å². The predicted octanol–water partition coefficient (Wildman–Crippen LogP) is 3.08. The van der Waals surface area contributed by atoms with Gasteiger partial charge in [0.05, 0.1) is 13.7 Å². The van der Waals surface area contributed by atoms with Gasteiger partial charge in [-0.05, 0) is 49.0 Å². The summed E-state index contributed by atoms with van der Waals surface area (Å²) in [7, 11) is 3.53. The lowest BCUT2D eigenvalue weighted by Crippen LogP contribution is -2.36. The Labute approximate surface area is 157 Å². The van der Waals surface area contributed by atoms with Crippen LogP contribution in [-0.2, 0) is 11.3 Å². The van der Waals surface area contributed by atoms with E-state index in [0.29, 0.717) is 26.2 Å². The van der Waals surface area contributed by atoms with Crippen LogP contribution in [0.25, 0.3) is 0 Å². The van der Waals surface area contributed by atoms with E-state index < -0.39 is 0 Å². The Balaban J connectivity index is 1.64. The fraction of sp³-hybridized carbons (Fsp3) is 0.316. The van der Waals surface area contributed by atoms with E-state index in [4.69, 9.17) is 9.47 Å². The second-order valence-electron chi connectivity index (χ2n) is 5.66. The number of likely N-dealkylation sites (N-methyl/N-ethyl adjacent to an activating group) is 1. The number of halogens is 1. The van der Waals surface area contributed by atoms with Crippen LogP contribution >= 0.6 is 15.9 Å². The zero-order valence-corrected chi connectivity index (χ0v) is 16.1. The van der Waals surface area contributed by atoms with Crippen LogP contribution < -0.4 is 14.8 Å². The number of nitrogens with zero attached hydrogens (tertiary/aromatic N) is 1. The minimum Gasteiger partial charge on any atom is -0.497 e. The van der Waals surface area contributed by atoms with E-state index in [-0.39, 0.29) is 5.91 Å². The molecule has 0 aliphatic carbocycles. The zero-order valence-electron chi connectivity index (χ0n) is 14.5. The molecule has 2 rings (SSSR count). The summed E-state index contributed by atoms with van der Waals surface area (Å²) in [6.07, 6.45) is 0. The molecule has 1 N–H and O–H groups in total. The van der Waals surface area contributed by atoms with E-state index in [0.717, 1.165) is 21.5 Å². The highest BCUT2D eigenvalue weighted by Crippen LogP contribution is 2.15. The third kappa shape index (κ3) is 7.15. The van der Waals surface area contributed by atoms with Crippen LogP contribution in [0.3, 0.4) is 0 Å². The first kappa shape index (κ1) is 19.3. The molecule has 0 saturated carbocycles. The van der Waals surface area contributed by atoms with Crippen molar-refractivity contribution in [2.75, 3.05) is 33.9 Å². The molecule has 134 valence electrons. The number of carbonyl (C=O) groups excluding carboxylic acids is 1. The molecule has 0 saturated heterocycles. The van der Waals surface area contributed by atoms with Gasteiger partial charge in [-0.3, -0.25) is 9.69 Å². The summed E-state index contributed by atoms with van der Waals surface area (Å²) < 4.78 is 11.8. The van der Waals surface area contributed by atoms with E-state index >= 15 is 0 Å². The highest BCUT2D eigenvalue weighted by atomic mass is 79.9. The SMILES string of the molecule is COc1ccc(CNC(=O)CN(C)CCOc2ccc(Br)cc2)cc1. The lowest BCUT2D eigenvalue weighted by Gasteiger charge is -2.16. The van der Waals surface area contributed by atoms with E-state index in [1.165, 1.54) is 0 Å². The van der Waals surface area contributed by atoms with Crippen LogP contribution in [-0.4, -0.2) is 44.7 Å². The summed E-state index contributed by atoms with van der Waals surface area (Å²) in [6, 6.07) is 15.3. The van der Waals surface area contributed by atoms with E-state index in [1.807, 2.05) is 60.5 Å². The average molecular weight is 407 g/mol. The first-order chi connectivity index (χ1) is 12.1. The van der Waals surface area contributed by atoms with Gasteiger partial charge < -0.3 is 14.8 Å². The number of methoxy groups -OCH3 is 1. The molecule has 0 atom stereocenters. The number of rotatable bonds is 9. The van der Waals surface area contributed by atoms with Crippen molar-refractivity contribution >= 4 is 21.8 Å². The number of carbonyl (C=O) groups is 1. The molecule has 0 radical (unpaired) electrons. The van der Waals surface area contributed by atoms with Crippen molar-refractivity contribution in [3.8, 4) is 11.5 Å². The minimum atomic E-state index is -0.0121. The third-order valence-electron chi connectivity index (χ3n) is 3.62. The molecule has 0 aromatic heterocycles. The lowest BCUT2D eigenvalue weighted by molar-refractivity contribution is -0.122. The van der Waals surface area contributed by atoms with E-state index in [2.05, 4.69) is 21.2 Å². The van der Waals surface area contributed by atoms with E-state index in [1.54, 1.807) is 7.11 Å². The molecule has 0 spiro atoms. The Morgan fingerprint density at radius 2 is 1.72 bits per heavy atom. The third-order valence-corrected chi connectivity index (χ3v) is 4.15. The number of hydrogen-bond acceptors (Lipinski definition) is 4. The molecule has 0 bridgehead atoms. The number of amides is 1. The second-order valence-corrected chi connectivity index (χ2v) is 6.58. The van der Waals surface area contributed by atoms with Crippen molar-refractivity contribution in [1.29, 1.82) is 0 Å². The lowest BCUT2D eigenvalue weighted by atomic mass is 10.2. The Kier molecular flexibility index (Phi) is 7.76. The maximum atomic E-state index is 12.0. The fourth-order valence-electron chi connectivity index (χ4n) is 2.17. The fourth-order valence-corrected chi connectivity index (χ4v) is 2.44.